The molecule has 0 radical (unpaired) electrons. The fourth-order valence-corrected chi connectivity index (χ4v) is 6.75. The third kappa shape index (κ3) is 3.85. The molecule has 0 saturated heterocycles. The van der Waals surface area contributed by atoms with E-state index in [1.165, 1.54) is 49.7 Å². The number of amides is 1. The second-order valence-corrected chi connectivity index (χ2v) is 9.97. The van der Waals surface area contributed by atoms with Crippen LogP contribution >= 0.6 is 0 Å². The van der Waals surface area contributed by atoms with Gasteiger partial charge in [0, 0.05) is 16.7 Å². The van der Waals surface area contributed by atoms with E-state index in [1.807, 2.05) is 0 Å². The Morgan fingerprint density at radius 3 is 1.76 bits per heavy atom. The molecule has 4 aliphatic rings. The number of nitrogens with one attached hydrogen (secondary N) is 1. The Kier molecular flexibility index (Phi) is 4.95. The molecule has 6 rings (SSSR count). The Balaban J connectivity index is 1.31. The fraction of sp³-hybridized carbons (Fsp3) is 0.500. The molecule has 4 fully saturated rings. The second-order valence-electron chi connectivity index (χ2n) is 9.97. The quantitative estimate of drug-likeness (QED) is 0.775. The molecule has 1 atom stereocenters. The Bertz CT molecular complexity index is 773. The number of carbonyl (C=O) groups excluding carboxylic acids is 1. The Morgan fingerprint density at radius 2 is 1.31 bits per heavy atom. The molecule has 2 aromatic carbocycles. The van der Waals surface area contributed by atoms with E-state index in [0.717, 1.165) is 17.8 Å². The summed E-state index contributed by atoms with van der Waals surface area (Å²) in [7, 11) is 0. The van der Waals surface area contributed by atoms with Crippen molar-refractivity contribution < 1.29 is 10.1 Å². The molecule has 0 aromatic heterocycles. The van der Waals surface area contributed by atoms with Gasteiger partial charge < -0.3 is 10.6 Å². The number of carbonyl (C=O) groups is 1. The lowest BCUT2D eigenvalue weighted by atomic mass is 9.53. The molecule has 0 spiro atoms. The predicted molar refractivity (Wildman–Crippen MR) is 115 cm³/mol. The summed E-state index contributed by atoms with van der Waals surface area (Å²) >= 11 is 0. The van der Waals surface area contributed by atoms with E-state index in [-0.39, 0.29) is 23.5 Å². The van der Waals surface area contributed by atoms with Crippen molar-refractivity contribution in [3.8, 4) is 0 Å². The summed E-state index contributed by atoms with van der Waals surface area (Å²) in [5.74, 6) is 2.76. The van der Waals surface area contributed by atoms with Gasteiger partial charge in [-0.05, 0) is 63.2 Å². The van der Waals surface area contributed by atoms with Crippen molar-refractivity contribution in [1.82, 2.24) is 5.32 Å². The highest BCUT2D eigenvalue weighted by Gasteiger charge is 2.52. The Hall–Kier alpha value is -2.13. The molecular weight excluding hydrogens is 356 g/mol. The molecule has 0 aliphatic heterocycles. The molecular formula is C26H33N2O+. The van der Waals surface area contributed by atoms with Crippen molar-refractivity contribution in [3.63, 3.8) is 0 Å². The van der Waals surface area contributed by atoms with Crippen LogP contribution in [0, 0.1) is 17.8 Å². The highest BCUT2D eigenvalue weighted by atomic mass is 16.2. The summed E-state index contributed by atoms with van der Waals surface area (Å²) in [5, 5.41) is 5.80. The van der Waals surface area contributed by atoms with E-state index in [9.17, 15) is 4.79 Å². The van der Waals surface area contributed by atoms with Gasteiger partial charge >= 0.3 is 0 Å². The van der Waals surface area contributed by atoms with Crippen LogP contribution in [0.25, 0.3) is 0 Å². The third-order valence-electron chi connectivity index (χ3n) is 7.64. The van der Waals surface area contributed by atoms with Crippen LogP contribution in [0.1, 0.15) is 62.6 Å². The molecule has 2 aromatic rings. The second kappa shape index (κ2) is 7.60. The van der Waals surface area contributed by atoms with E-state index in [0.29, 0.717) is 0 Å². The van der Waals surface area contributed by atoms with Gasteiger partial charge in [-0.15, -0.1) is 0 Å². The first-order chi connectivity index (χ1) is 14.1. The molecule has 4 aliphatic carbocycles. The zero-order valence-corrected chi connectivity index (χ0v) is 17.4. The number of hydrogen-bond acceptors (Lipinski definition) is 1. The molecule has 4 saturated carbocycles. The minimum absolute atomic E-state index is 0.0862. The van der Waals surface area contributed by atoms with E-state index < -0.39 is 0 Å². The van der Waals surface area contributed by atoms with Crippen LogP contribution in [-0.2, 0) is 4.79 Å². The average Bonchev–Trinajstić information content (AvgIpc) is 2.71. The topological polar surface area (TPSA) is 45.7 Å². The number of hydrogen-bond donors (Lipinski definition) is 2. The first-order valence-electron chi connectivity index (χ1n) is 11.4. The van der Waals surface area contributed by atoms with E-state index >= 15 is 0 Å². The molecule has 1 amide bonds. The number of quaternary nitrogens is 1. The number of benzene rings is 2. The Labute approximate surface area is 174 Å². The smallest absolute Gasteiger partial charge is 0.278 e. The minimum Gasteiger partial charge on any atom is -0.345 e. The molecule has 29 heavy (non-hydrogen) atoms. The summed E-state index contributed by atoms with van der Waals surface area (Å²) in [6.45, 7) is 2.06. The summed E-state index contributed by atoms with van der Waals surface area (Å²) < 4.78 is 0. The van der Waals surface area contributed by atoms with Gasteiger partial charge in [0.05, 0.1) is 0 Å². The highest BCUT2D eigenvalue weighted by molar-refractivity contribution is 5.80. The first kappa shape index (κ1) is 18.9. The van der Waals surface area contributed by atoms with E-state index in [2.05, 4.69) is 78.2 Å². The average molecular weight is 390 g/mol. The van der Waals surface area contributed by atoms with Crippen LogP contribution in [0.15, 0.2) is 60.7 Å². The first-order valence-corrected chi connectivity index (χ1v) is 11.4. The molecule has 4 bridgehead atoms. The molecule has 0 unspecified atom stereocenters. The third-order valence-corrected chi connectivity index (χ3v) is 7.64. The largest absolute Gasteiger partial charge is 0.345 e. The van der Waals surface area contributed by atoms with Crippen molar-refractivity contribution >= 4 is 5.91 Å². The van der Waals surface area contributed by atoms with Crippen LogP contribution in [0.2, 0.25) is 0 Å². The molecule has 152 valence electrons. The van der Waals surface area contributed by atoms with Crippen LogP contribution in [0.5, 0.6) is 0 Å². The monoisotopic (exact) mass is 389 g/mol. The number of nitrogens with two attached hydrogens (primary N) is 1. The number of rotatable bonds is 6. The maximum absolute atomic E-state index is 13.3. The molecule has 3 N–H and O–H groups in total. The van der Waals surface area contributed by atoms with Crippen LogP contribution in [0.4, 0.5) is 0 Å². The lowest BCUT2D eigenvalue weighted by molar-refractivity contribution is -0.705. The van der Waals surface area contributed by atoms with Crippen molar-refractivity contribution in [2.24, 2.45) is 17.8 Å². The molecule has 0 heterocycles. The maximum atomic E-state index is 13.3. The minimum atomic E-state index is -0.117. The van der Waals surface area contributed by atoms with Gasteiger partial charge in [-0.3, -0.25) is 4.79 Å². The zero-order valence-electron chi connectivity index (χ0n) is 17.4. The van der Waals surface area contributed by atoms with E-state index in [4.69, 9.17) is 0 Å². The van der Waals surface area contributed by atoms with Gasteiger partial charge in [-0.25, -0.2) is 0 Å². The summed E-state index contributed by atoms with van der Waals surface area (Å²) in [5.41, 5.74) is 2.57. The standard InChI is InChI=1S/C26H32N2O/c1-18(25(29)28-26-15-19-12-20(16-26)14-21(13-19)17-26)27-24(22-8-4-2-5-9-22)23-10-6-3-7-11-23/h2-11,18-21,24,27H,12-17H2,1H3,(H,28,29)/p+1/t18-,19?,20?,21?,26?/m0/s1. The van der Waals surface area contributed by atoms with Gasteiger partial charge in [0.15, 0.2) is 6.04 Å². The van der Waals surface area contributed by atoms with Gasteiger partial charge in [-0.2, -0.15) is 0 Å². The molecule has 3 nitrogen and oxygen atoms in total. The van der Waals surface area contributed by atoms with Crippen molar-refractivity contribution in [1.29, 1.82) is 0 Å². The fourth-order valence-electron chi connectivity index (χ4n) is 6.75. The van der Waals surface area contributed by atoms with Crippen molar-refractivity contribution in [3.05, 3.63) is 71.8 Å². The molecule has 3 heteroatoms. The van der Waals surface area contributed by atoms with Crippen molar-refractivity contribution in [2.75, 3.05) is 0 Å². The van der Waals surface area contributed by atoms with Crippen molar-refractivity contribution in [2.45, 2.75) is 63.1 Å². The predicted octanol–water partition coefficient (Wildman–Crippen LogP) is 3.81. The van der Waals surface area contributed by atoms with Crippen LogP contribution in [-0.4, -0.2) is 17.5 Å². The Morgan fingerprint density at radius 1 is 0.862 bits per heavy atom. The lowest BCUT2D eigenvalue weighted by Gasteiger charge is -2.57. The van der Waals surface area contributed by atoms with Gasteiger partial charge in [-0.1, -0.05) is 60.7 Å². The normalized spacial score (nSPS) is 31.0. The van der Waals surface area contributed by atoms with Crippen LogP contribution < -0.4 is 10.6 Å². The lowest BCUT2D eigenvalue weighted by Crippen LogP contribution is -2.93. The summed E-state index contributed by atoms with van der Waals surface area (Å²) in [4.78, 5) is 13.3. The highest BCUT2D eigenvalue weighted by Crippen LogP contribution is 2.55. The summed E-state index contributed by atoms with van der Waals surface area (Å²) in [6.07, 6.45) is 7.83. The summed E-state index contributed by atoms with van der Waals surface area (Å²) in [6, 6.07) is 21.1. The van der Waals surface area contributed by atoms with Gasteiger partial charge in [0.2, 0.25) is 0 Å². The van der Waals surface area contributed by atoms with E-state index in [1.54, 1.807) is 0 Å². The van der Waals surface area contributed by atoms with Crippen LogP contribution in [0.3, 0.4) is 0 Å². The van der Waals surface area contributed by atoms with Gasteiger partial charge in [0.1, 0.15) is 6.04 Å². The zero-order chi connectivity index (χ0) is 19.8. The maximum Gasteiger partial charge on any atom is 0.278 e. The van der Waals surface area contributed by atoms with Gasteiger partial charge in [0.25, 0.3) is 5.91 Å². The SMILES string of the molecule is C[C@H]([NH2+]C(c1ccccc1)c1ccccc1)C(=O)NC12CC3CC(CC(C3)C1)C2.